The van der Waals surface area contributed by atoms with Crippen LogP contribution in [0.15, 0.2) is 30.3 Å². The summed E-state index contributed by atoms with van der Waals surface area (Å²) in [5, 5.41) is 0. The highest BCUT2D eigenvalue weighted by Crippen LogP contribution is 2.25. The summed E-state index contributed by atoms with van der Waals surface area (Å²) in [6, 6.07) is 10.1. The summed E-state index contributed by atoms with van der Waals surface area (Å²) in [6.45, 7) is 11.4. The van der Waals surface area contributed by atoms with Gasteiger partial charge >= 0.3 is 0 Å². The number of benzene rings is 1. The lowest BCUT2D eigenvalue weighted by Crippen LogP contribution is -2.38. The van der Waals surface area contributed by atoms with E-state index in [0.29, 0.717) is 0 Å². The lowest BCUT2D eigenvalue weighted by atomic mass is 9.95. The van der Waals surface area contributed by atoms with Gasteiger partial charge in [0.15, 0.2) is 0 Å². The molecule has 0 saturated carbocycles. The van der Waals surface area contributed by atoms with Crippen molar-refractivity contribution in [2.24, 2.45) is 0 Å². The largest absolute Gasteiger partial charge is 0.354 e. The Morgan fingerprint density at radius 2 is 1.78 bits per heavy atom. The van der Waals surface area contributed by atoms with E-state index in [1.807, 2.05) is 36.9 Å². The molecule has 1 unspecified atom stereocenters. The van der Waals surface area contributed by atoms with Gasteiger partial charge in [0.05, 0.1) is 5.92 Å². The number of hydrogen-bond donors (Lipinski definition) is 0. The highest BCUT2D eigenvalue weighted by molar-refractivity contribution is 5.83. The zero-order valence-electron chi connectivity index (χ0n) is 16.9. The van der Waals surface area contributed by atoms with Crippen molar-refractivity contribution in [2.75, 3.05) is 31.1 Å². The van der Waals surface area contributed by atoms with E-state index >= 15 is 0 Å². The van der Waals surface area contributed by atoms with Gasteiger partial charge in [-0.1, -0.05) is 37.3 Å². The third kappa shape index (κ3) is 4.29. The maximum absolute atomic E-state index is 13.2. The van der Waals surface area contributed by atoms with E-state index in [1.54, 1.807) is 0 Å². The van der Waals surface area contributed by atoms with Crippen LogP contribution >= 0.6 is 0 Å². The SMILES string of the molecule is CCC(C(=O)N1CCCN(c2nc(C)nc(C)c2C)CC1)c1ccccc1. The van der Waals surface area contributed by atoms with Crippen molar-refractivity contribution in [3.63, 3.8) is 0 Å². The maximum Gasteiger partial charge on any atom is 0.230 e. The number of aryl methyl sites for hydroxylation is 2. The van der Waals surface area contributed by atoms with Gasteiger partial charge in [-0.05, 0) is 39.2 Å². The highest BCUT2D eigenvalue weighted by Gasteiger charge is 2.27. The van der Waals surface area contributed by atoms with E-state index < -0.39 is 0 Å². The Morgan fingerprint density at radius 1 is 1.04 bits per heavy atom. The molecule has 1 saturated heterocycles. The fourth-order valence-electron chi connectivity index (χ4n) is 3.87. The quantitative estimate of drug-likeness (QED) is 0.829. The Balaban J connectivity index is 1.74. The van der Waals surface area contributed by atoms with Crippen LogP contribution < -0.4 is 4.90 Å². The van der Waals surface area contributed by atoms with E-state index in [1.165, 1.54) is 0 Å². The van der Waals surface area contributed by atoms with Crippen LogP contribution in [0.4, 0.5) is 5.82 Å². The molecule has 1 atom stereocenters. The van der Waals surface area contributed by atoms with Crippen molar-refractivity contribution in [3.8, 4) is 0 Å². The third-order valence-corrected chi connectivity index (χ3v) is 5.49. The molecule has 1 amide bonds. The first-order valence-corrected chi connectivity index (χ1v) is 9.91. The number of hydrogen-bond acceptors (Lipinski definition) is 4. The number of amides is 1. The summed E-state index contributed by atoms with van der Waals surface area (Å²) in [5.41, 5.74) is 3.28. The molecule has 0 N–H and O–H groups in total. The van der Waals surface area contributed by atoms with Crippen molar-refractivity contribution in [1.29, 1.82) is 0 Å². The van der Waals surface area contributed by atoms with E-state index in [4.69, 9.17) is 0 Å². The minimum atomic E-state index is -0.0528. The average molecular weight is 367 g/mol. The molecule has 0 bridgehead atoms. The van der Waals surface area contributed by atoms with Crippen molar-refractivity contribution in [1.82, 2.24) is 14.9 Å². The molecule has 1 aromatic heterocycles. The zero-order valence-corrected chi connectivity index (χ0v) is 16.9. The number of carbonyl (C=O) groups excluding carboxylic acids is 1. The second-order valence-electron chi connectivity index (χ2n) is 7.34. The minimum Gasteiger partial charge on any atom is -0.354 e. The van der Waals surface area contributed by atoms with E-state index in [9.17, 15) is 4.79 Å². The first-order valence-electron chi connectivity index (χ1n) is 9.91. The Kier molecular flexibility index (Phi) is 6.09. The molecule has 0 aliphatic carbocycles. The summed E-state index contributed by atoms with van der Waals surface area (Å²) < 4.78 is 0. The summed E-state index contributed by atoms with van der Waals surface area (Å²) in [6.07, 6.45) is 1.78. The molecular formula is C22H30N4O. The third-order valence-electron chi connectivity index (χ3n) is 5.49. The van der Waals surface area contributed by atoms with E-state index in [0.717, 1.165) is 67.5 Å². The summed E-state index contributed by atoms with van der Waals surface area (Å²) in [7, 11) is 0. The minimum absolute atomic E-state index is 0.0528. The molecule has 1 fully saturated rings. The fraction of sp³-hybridized carbons (Fsp3) is 0.500. The number of carbonyl (C=O) groups is 1. The maximum atomic E-state index is 13.2. The van der Waals surface area contributed by atoms with Crippen LogP contribution in [0.5, 0.6) is 0 Å². The molecule has 5 heteroatoms. The molecule has 0 radical (unpaired) electrons. The van der Waals surface area contributed by atoms with Gasteiger partial charge < -0.3 is 9.80 Å². The Morgan fingerprint density at radius 3 is 2.48 bits per heavy atom. The first-order chi connectivity index (χ1) is 13.0. The molecule has 144 valence electrons. The molecule has 2 heterocycles. The molecule has 1 aliphatic heterocycles. The monoisotopic (exact) mass is 366 g/mol. The van der Waals surface area contributed by atoms with Crippen LogP contribution in [-0.2, 0) is 4.79 Å². The van der Waals surface area contributed by atoms with Gasteiger partial charge in [0.2, 0.25) is 5.91 Å². The molecule has 3 rings (SSSR count). The number of anilines is 1. The molecule has 1 aromatic carbocycles. The van der Waals surface area contributed by atoms with Crippen LogP contribution in [0, 0.1) is 20.8 Å². The van der Waals surface area contributed by atoms with Gasteiger partial charge in [-0.25, -0.2) is 9.97 Å². The lowest BCUT2D eigenvalue weighted by Gasteiger charge is -2.27. The van der Waals surface area contributed by atoms with Gasteiger partial charge in [-0.15, -0.1) is 0 Å². The lowest BCUT2D eigenvalue weighted by molar-refractivity contribution is -0.132. The molecule has 27 heavy (non-hydrogen) atoms. The Labute approximate surface area is 162 Å². The predicted molar refractivity (Wildman–Crippen MR) is 109 cm³/mol. The van der Waals surface area contributed by atoms with Gasteiger partial charge in [-0.3, -0.25) is 4.79 Å². The van der Waals surface area contributed by atoms with Gasteiger partial charge in [0.1, 0.15) is 11.6 Å². The zero-order chi connectivity index (χ0) is 19.4. The van der Waals surface area contributed by atoms with Crippen LogP contribution in [0.1, 0.15) is 48.3 Å². The van der Waals surface area contributed by atoms with Crippen LogP contribution in [-0.4, -0.2) is 47.0 Å². The standard InChI is InChI=1S/C22H30N4O/c1-5-20(19-10-7-6-8-11-19)22(27)26-13-9-12-25(14-15-26)21-16(2)17(3)23-18(4)24-21/h6-8,10-11,20H,5,9,12-15H2,1-4H3. The summed E-state index contributed by atoms with van der Waals surface area (Å²) >= 11 is 0. The topological polar surface area (TPSA) is 49.3 Å². The molecular weight excluding hydrogens is 336 g/mol. The average Bonchev–Trinajstić information content (AvgIpc) is 2.92. The van der Waals surface area contributed by atoms with Crippen molar-refractivity contribution >= 4 is 11.7 Å². The summed E-state index contributed by atoms with van der Waals surface area (Å²) in [5.74, 6) is 2.02. The smallest absolute Gasteiger partial charge is 0.230 e. The van der Waals surface area contributed by atoms with Crippen LogP contribution in [0.3, 0.4) is 0 Å². The van der Waals surface area contributed by atoms with Gasteiger partial charge in [-0.2, -0.15) is 0 Å². The van der Waals surface area contributed by atoms with Gasteiger partial charge in [0.25, 0.3) is 0 Å². The molecule has 0 spiro atoms. The van der Waals surface area contributed by atoms with Crippen molar-refractivity contribution in [2.45, 2.75) is 46.5 Å². The van der Waals surface area contributed by atoms with Crippen LogP contribution in [0.2, 0.25) is 0 Å². The molecule has 1 aliphatic rings. The van der Waals surface area contributed by atoms with Crippen LogP contribution in [0.25, 0.3) is 0 Å². The van der Waals surface area contributed by atoms with Gasteiger partial charge in [0, 0.05) is 37.4 Å². The fourth-order valence-corrected chi connectivity index (χ4v) is 3.87. The van der Waals surface area contributed by atoms with Crippen molar-refractivity contribution in [3.05, 3.63) is 53.0 Å². The molecule has 5 nitrogen and oxygen atoms in total. The second kappa shape index (κ2) is 8.51. The van der Waals surface area contributed by atoms with E-state index in [2.05, 4.69) is 40.8 Å². The predicted octanol–water partition coefficient (Wildman–Crippen LogP) is 3.63. The highest BCUT2D eigenvalue weighted by atomic mass is 16.2. The molecule has 2 aromatic rings. The van der Waals surface area contributed by atoms with Crippen molar-refractivity contribution < 1.29 is 4.79 Å². The second-order valence-corrected chi connectivity index (χ2v) is 7.34. The normalized spacial score (nSPS) is 16.1. The Hall–Kier alpha value is -2.43. The number of nitrogens with zero attached hydrogens (tertiary/aromatic N) is 4. The Bertz CT molecular complexity index is 790. The summed E-state index contributed by atoms with van der Waals surface area (Å²) in [4.78, 5) is 26.7. The van der Waals surface area contributed by atoms with E-state index in [-0.39, 0.29) is 11.8 Å². The number of rotatable bonds is 4. The number of aromatic nitrogens is 2. The first kappa shape index (κ1) is 19.3.